The highest BCUT2D eigenvalue weighted by Crippen LogP contribution is 2.29. The second kappa shape index (κ2) is 4.20. The lowest BCUT2D eigenvalue weighted by Gasteiger charge is -2.26. The number of rotatable bonds is 2. The van der Waals surface area contributed by atoms with E-state index < -0.39 is 0 Å². The quantitative estimate of drug-likeness (QED) is 0.823. The van der Waals surface area contributed by atoms with Gasteiger partial charge in [0.25, 0.3) is 0 Å². The van der Waals surface area contributed by atoms with Crippen LogP contribution in [0, 0.1) is 0 Å². The molecule has 2 unspecified atom stereocenters. The van der Waals surface area contributed by atoms with Crippen molar-refractivity contribution in [1.82, 2.24) is 15.2 Å². The maximum absolute atomic E-state index is 4.39. The predicted molar refractivity (Wildman–Crippen MR) is 62.0 cm³/mol. The van der Waals surface area contributed by atoms with E-state index in [2.05, 4.69) is 20.6 Å². The van der Waals surface area contributed by atoms with E-state index in [0.717, 1.165) is 18.6 Å². The molecule has 15 heavy (non-hydrogen) atoms. The summed E-state index contributed by atoms with van der Waals surface area (Å²) in [4.78, 5) is 7.06. The van der Waals surface area contributed by atoms with Crippen LogP contribution in [-0.2, 0) is 6.54 Å². The molecule has 2 fully saturated rings. The third-order valence-electron chi connectivity index (χ3n) is 3.61. The molecular weight excluding hydrogens is 206 g/mol. The summed E-state index contributed by atoms with van der Waals surface area (Å²) in [5, 5.41) is 6.88. The number of hydrogen-bond acceptors (Lipinski definition) is 4. The third-order valence-corrected chi connectivity index (χ3v) is 4.37. The molecule has 1 aromatic rings. The maximum Gasteiger partial charge on any atom is 0.107 e. The average molecular weight is 223 g/mol. The lowest BCUT2D eigenvalue weighted by atomic mass is 10.1. The van der Waals surface area contributed by atoms with Crippen molar-refractivity contribution in [2.45, 2.75) is 37.9 Å². The van der Waals surface area contributed by atoms with E-state index in [4.69, 9.17) is 0 Å². The Morgan fingerprint density at radius 3 is 3.20 bits per heavy atom. The minimum atomic E-state index is 0.751. The van der Waals surface area contributed by atoms with E-state index in [1.165, 1.54) is 37.4 Å². The van der Waals surface area contributed by atoms with Crippen molar-refractivity contribution in [3.05, 3.63) is 16.6 Å². The summed E-state index contributed by atoms with van der Waals surface area (Å²) >= 11 is 1.78. The standard InChI is InChI=1S/C11H17N3S/c1-2-10-7-12-4-3-9(1)14(10)8-11-13-5-6-15-11/h5-6,9-10,12H,1-4,7-8H2. The Balaban J connectivity index is 1.74. The first kappa shape index (κ1) is 9.75. The Bertz CT molecular complexity index is 298. The van der Waals surface area contributed by atoms with Crippen molar-refractivity contribution < 1.29 is 0 Å². The molecule has 2 aliphatic rings. The molecule has 0 saturated carbocycles. The van der Waals surface area contributed by atoms with Crippen LogP contribution in [-0.4, -0.2) is 35.1 Å². The molecule has 2 atom stereocenters. The van der Waals surface area contributed by atoms with Crippen LogP contribution >= 0.6 is 11.3 Å². The molecule has 0 aromatic carbocycles. The fraction of sp³-hybridized carbons (Fsp3) is 0.727. The molecule has 0 aliphatic carbocycles. The Morgan fingerprint density at radius 2 is 2.33 bits per heavy atom. The number of nitrogens with zero attached hydrogens (tertiary/aromatic N) is 2. The fourth-order valence-corrected chi connectivity index (χ4v) is 3.45. The minimum absolute atomic E-state index is 0.751. The van der Waals surface area contributed by atoms with E-state index in [9.17, 15) is 0 Å². The molecule has 0 radical (unpaired) electrons. The second-order valence-electron chi connectivity index (χ2n) is 4.48. The van der Waals surface area contributed by atoms with E-state index in [1.54, 1.807) is 11.3 Å². The number of fused-ring (bicyclic) bond motifs is 2. The SMILES string of the molecule is c1csc(CN2C3CCNCC2CC3)n1. The van der Waals surface area contributed by atoms with Gasteiger partial charge in [-0.15, -0.1) is 11.3 Å². The van der Waals surface area contributed by atoms with Gasteiger partial charge < -0.3 is 5.32 Å². The molecule has 2 saturated heterocycles. The van der Waals surface area contributed by atoms with Gasteiger partial charge in [0.1, 0.15) is 5.01 Å². The van der Waals surface area contributed by atoms with Gasteiger partial charge in [-0.1, -0.05) is 0 Å². The van der Waals surface area contributed by atoms with Gasteiger partial charge in [-0.25, -0.2) is 4.98 Å². The van der Waals surface area contributed by atoms with Crippen molar-refractivity contribution in [1.29, 1.82) is 0 Å². The molecule has 3 nitrogen and oxygen atoms in total. The van der Waals surface area contributed by atoms with Crippen LogP contribution < -0.4 is 5.32 Å². The first-order chi connectivity index (χ1) is 7.43. The topological polar surface area (TPSA) is 28.2 Å². The van der Waals surface area contributed by atoms with Crippen molar-refractivity contribution in [3.8, 4) is 0 Å². The second-order valence-corrected chi connectivity index (χ2v) is 5.46. The number of aromatic nitrogens is 1. The van der Waals surface area contributed by atoms with Crippen molar-refractivity contribution in [2.24, 2.45) is 0 Å². The summed E-state index contributed by atoms with van der Waals surface area (Å²) in [6.07, 6.45) is 5.97. The molecule has 3 heterocycles. The maximum atomic E-state index is 4.39. The van der Waals surface area contributed by atoms with Crippen LogP contribution in [0.25, 0.3) is 0 Å². The summed E-state index contributed by atoms with van der Waals surface area (Å²) in [6.45, 7) is 3.42. The highest BCUT2D eigenvalue weighted by atomic mass is 32.1. The molecular formula is C11H17N3S. The van der Waals surface area contributed by atoms with Crippen LogP contribution in [0.4, 0.5) is 0 Å². The number of nitrogens with one attached hydrogen (secondary N) is 1. The van der Waals surface area contributed by atoms with Gasteiger partial charge in [0.05, 0.1) is 6.54 Å². The van der Waals surface area contributed by atoms with Gasteiger partial charge in [0, 0.05) is 30.2 Å². The largest absolute Gasteiger partial charge is 0.315 e. The summed E-state index contributed by atoms with van der Waals surface area (Å²) < 4.78 is 0. The zero-order chi connectivity index (χ0) is 10.1. The highest BCUT2D eigenvalue weighted by Gasteiger charge is 2.34. The van der Waals surface area contributed by atoms with Crippen LogP contribution in [0.2, 0.25) is 0 Å². The average Bonchev–Trinajstić information content (AvgIpc) is 2.76. The Kier molecular flexibility index (Phi) is 2.73. The first-order valence-electron chi connectivity index (χ1n) is 5.78. The summed E-state index contributed by atoms with van der Waals surface area (Å²) in [7, 11) is 0. The summed E-state index contributed by atoms with van der Waals surface area (Å²) in [5.74, 6) is 0. The first-order valence-corrected chi connectivity index (χ1v) is 6.66. The van der Waals surface area contributed by atoms with Crippen LogP contribution in [0.1, 0.15) is 24.3 Å². The van der Waals surface area contributed by atoms with Crippen LogP contribution in [0.5, 0.6) is 0 Å². The summed E-state index contributed by atoms with van der Waals surface area (Å²) in [5.41, 5.74) is 0. The number of hydrogen-bond donors (Lipinski definition) is 1. The van der Waals surface area contributed by atoms with Crippen molar-refractivity contribution in [3.63, 3.8) is 0 Å². The van der Waals surface area contributed by atoms with Gasteiger partial charge in [-0.3, -0.25) is 4.90 Å². The lowest BCUT2D eigenvalue weighted by molar-refractivity contribution is 0.193. The molecule has 3 rings (SSSR count). The third kappa shape index (κ3) is 1.94. The van der Waals surface area contributed by atoms with Gasteiger partial charge in [-0.2, -0.15) is 0 Å². The van der Waals surface area contributed by atoms with E-state index in [-0.39, 0.29) is 0 Å². The summed E-state index contributed by atoms with van der Waals surface area (Å²) in [6, 6.07) is 1.55. The Morgan fingerprint density at radius 1 is 1.40 bits per heavy atom. The molecule has 1 aromatic heterocycles. The van der Waals surface area contributed by atoms with Crippen molar-refractivity contribution >= 4 is 11.3 Å². The van der Waals surface area contributed by atoms with Gasteiger partial charge in [0.15, 0.2) is 0 Å². The number of thiazole rings is 1. The zero-order valence-corrected chi connectivity index (χ0v) is 9.67. The van der Waals surface area contributed by atoms with Crippen LogP contribution in [0.3, 0.4) is 0 Å². The molecule has 2 bridgehead atoms. The van der Waals surface area contributed by atoms with E-state index in [0.29, 0.717) is 0 Å². The van der Waals surface area contributed by atoms with Gasteiger partial charge in [0.2, 0.25) is 0 Å². The van der Waals surface area contributed by atoms with E-state index in [1.807, 2.05) is 6.20 Å². The smallest absolute Gasteiger partial charge is 0.107 e. The fourth-order valence-electron chi connectivity index (χ4n) is 2.83. The Labute approximate surface area is 94.5 Å². The zero-order valence-electron chi connectivity index (χ0n) is 8.85. The molecule has 0 amide bonds. The minimum Gasteiger partial charge on any atom is -0.315 e. The molecule has 1 N–H and O–H groups in total. The van der Waals surface area contributed by atoms with Crippen molar-refractivity contribution in [2.75, 3.05) is 13.1 Å². The monoisotopic (exact) mass is 223 g/mol. The Hall–Kier alpha value is -0.450. The highest BCUT2D eigenvalue weighted by molar-refractivity contribution is 7.09. The van der Waals surface area contributed by atoms with E-state index >= 15 is 0 Å². The molecule has 4 heteroatoms. The molecule has 82 valence electrons. The molecule has 0 spiro atoms. The van der Waals surface area contributed by atoms with Gasteiger partial charge in [-0.05, 0) is 25.8 Å². The lowest BCUT2D eigenvalue weighted by Crippen LogP contribution is -2.37. The molecule has 2 aliphatic heterocycles. The normalized spacial score (nSPS) is 31.7. The van der Waals surface area contributed by atoms with Gasteiger partial charge >= 0.3 is 0 Å². The predicted octanol–water partition coefficient (Wildman–Crippen LogP) is 1.47. The van der Waals surface area contributed by atoms with Crippen LogP contribution in [0.15, 0.2) is 11.6 Å².